The quantitative estimate of drug-likeness (QED) is 0.477. The molecule has 0 spiro atoms. The molecule has 4 rings (SSSR count). The van der Waals surface area contributed by atoms with E-state index < -0.39 is 5.97 Å². The van der Waals surface area contributed by atoms with E-state index in [0.717, 1.165) is 11.1 Å². The number of fused-ring (bicyclic) bond motifs is 1. The molecule has 0 N–H and O–H groups in total. The van der Waals surface area contributed by atoms with Crippen molar-refractivity contribution in [3.63, 3.8) is 0 Å². The molecule has 3 aromatic carbocycles. The van der Waals surface area contributed by atoms with E-state index in [2.05, 4.69) is 0 Å². The van der Waals surface area contributed by atoms with E-state index in [1.54, 1.807) is 18.2 Å². The lowest BCUT2D eigenvalue weighted by atomic mass is 10.0. The third-order valence-electron chi connectivity index (χ3n) is 4.32. The van der Waals surface area contributed by atoms with Crippen molar-refractivity contribution in [2.45, 2.75) is 6.10 Å². The van der Waals surface area contributed by atoms with E-state index in [9.17, 15) is 4.79 Å². The predicted molar refractivity (Wildman–Crippen MR) is 104 cm³/mol. The molecule has 0 saturated heterocycles. The molecule has 5 heteroatoms. The van der Waals surface area contributed by atoms with Gasteiger partial charge in [0.05, 0.1) is 0 Å². The fraction of sp³-hybridized carbons (Fsp3) is 0.174. The molecule has 1 aliphatic rings. The van der Waals surface area contributed by atoms with E-state index in [0.29, 0.717) is 30.5 Å². The molecular formula is C23H20O5. The monoisotopic (exact) mass is 376 g/mol. The Morgan fingerprint density at radius 3 is 2.07 bits per heavy atom. The number of esters is 1. The van der Waals surface area contributed by atoms with Crippen molar-refractivity contribution in [3.8, 4) is 17.2 Å². The third-order valence-corrected chi connectivity index (χ3v) is 4.32. The first-order valence-electron chi connectivity index (χ1n) is 9.11. The zero-order chi connectivity index (χ0) is 19.2. The summed E-state index contributed by atoms with van der Waals surface area (Å²) in [6.07, 6.45) is -0.352. The fourth-order valence-electron chi connectivity index (χ4n) is 3.04. The first-order chi connectivity index (χ1) is 13.8. The van der Waals surface area contributed by atoms with Crippen LogP contribution in [-0.4, -0.2) is 25.8 Å². The molecule has 28 heavy (non-hydrogen) atoms. The summed E-state index contributed by atoms with van der Waals surface area (Å²) in [7, 11) is 0. The van der Waals surface area contributed by atoms with Crippen LogP contribution in [0.1, 0.15) is 17.2 Å². The van der Waals surface area contributed by atoms with E-state index in [1.807, 2.05) is 60.7 Å². The van der Waals surface area contributed by atoms with Crippen LogP contribution in [0.25, 0.3) is 0 Å². The third kappa shape index (κ3) is 4.32. The highest BCUT2D eigenvalue weighted by atomic mass is 16.6. The van der Waals surface area contributed by atoms with Gasteiger partial charge in [-0.15, -0.1) is 0 Å². The largest absolute Gasteiger partial charge is 0.486 e. The highest BCUT2D eigenvalue weighted by Crippen LogP contribution is 2.33. The predicted octanol–water partition coefficient (Wildman–Crippen LogP) is 4.17. The van der Waals surface area contributed by atoms with Crippen LogP contribution in [0.15, 0.2) is 78.9 Å². The van der Waals surface area contributed by atoms with Crippen LogP contribution in [0.3, 0.4) is 0 Å². The Hall–Kier alpha value is -3.31. The molecule has 0 amide bonds. The Kier molecular flexibility index (Phi) is 5.54. The van der Waals surface area contributed by atoms with Gasteiger partial charge >= 0.3 is 5.97 Å². The van der Waals surface area contributed by atoms with Crippen LogP contribution < -0.4 is 14.2 Å². The standard InChI is InChI=1S/C23H20O5/c24-22(28-19-11-12-20-21(15-19)26-14-13-25-20)16-27-23(17-7-3-1-4-8-17)18-9-5-2-6-10-18/h1-12,15,23H,13-14,16H2. The minimum atomic E-state index is -0.478. The van der Waals surface area contributed by atoms with Crippen molar-refractivity contribution in [1.29, 1.82) is 0 Å². The van der Waals surface area contributed by atoms with Gasteiger partial charge in [0.25, 0.3) is 0 Å². The number of hydrogen-bond donors (Lipinski definition) is 0. The lowest BCUT2D eigenvalue weighted by Crippen LogP contribution is -2.19. The molecule has 142 valence electrons. The Balaban J connectivity index is 1.43. The Morgan fingerprint density at radius 1 is 0.821 bits per heavy atom. The van der Waals surface area contributed by atoms with Crippen molar-refractivity contribution in [3.05, 3.63) is 90.0 Å². The van der Waals surface area contributed by atoms with Gasteiger partial charge in [0.15, 0.2) is 11.5 Å². The Morgan fingerprint density at radius 2 is 1.43 bits per heavy atom. The molecule has 0 aliphatic carbocycles. The second-order valence-corrected chi connectivity index (χ2v) is 6.29. The normalized spacial score (nSPS) is 12.6. The molecule has 0 radical (unpaired) electrons. The molecule has 0 aromatic heterocycles. The topological polar surface area (TPSA) is 54.0 Å². The molecule has 1 heterocycles. The molecule has 3 aromatic rings. The summed E-state index contributed by atoms with van der Waals surface area (Å²) in [4.78, 5) is 12.3. The molecular weight excluding hydrogens is 356 g/mol. The number of carbonyl (C=O) groups is 1. The van der Waals surface area contributed by atoms with Gasteiger partial charge in [-0.3, -0.25) is 0 Å². The SMILES string of the molecule is O=C(COC(c1ccccc1)c1ccccc1)Oc1ccc2c(c1)OCCO2. The van der Waals surface area contributed by atoms with Gasteiger partial charge in [-0.2, -0.15) is 0 Å². The summed E-state index contributed by atoms with van der Waals surface area (Å²) in [5.74, 6) is 1.14. The number of ether oxygens (including phenoxy) is 4. The summed E-state index contributed by atoms with van der Waals surface area (Å²) in [6.45, 7) is 0.812. The molecule has 0 bridgehead atoms. The average molecular weight is 376 g/mol. The first kappa shape index (κ1) is 18.1. The van der Waals surface area contributed by atoms with Crippen molar-refractivity contribution in [2.75, 3.05) is 19.8 Å². The molecule has 0 fully saturated rings. The fourth-order valence-corrected chi connectivity index (χ4v) is 3.04. The smallest absolute Gasteiger partial charge is 0.337 e. The van der Waals surface area contributed by atoms with Crippen LogP contribution in [0.2, 0.25) is 0 Å². The van der Waals surface area contributed by atoms with Crippen molar-refractivity contribution < 1.29 is 23.7 Å². The van der Waals surface area contributed by atoms with Crippen LogP contribution >= 0.6 is 0 Å². The molecule has 0 saturated carbocycles. The van der Waals surface area contributed by atoms with Gasteiger partial charge < -0.3 is 18.9 Å². The number of carbonyl (C=O) groups excluding carboxylic acids is 1. The molecule has 5 nitrogen and oxygen atoms in total. The summed E-state index contributed by atoms with van der Waals surface area (Å²) in [5.41, 5.74) is 1.95. The number of benzene rings is 3. The minimum Gasteiger partial charge on any atom is -0.486 e. The van der Waals surface area contributed by atoms with E-state index in [4.69, 9.17) is 18.9 Å². The van der Waals surface area contributed by atoms with Crippen molar-refractivity contribution >= 4 is 5.97 Å². The second kappa shape index (κ2) is 8.59. The van der Waals surface area contributed by atoms with Gasteiger partial charge in [0, 0.05) is 6.07 Å². The molecule has 0 atom stereocenters. The zero-order valence-electron chi connectivity index (χ0n) is 15.2. The first-order valence-corrected chi connectivity index (χ1v) is 9.11. The lowest BCUT2D eigenvalue weighted by molar-refractivity contribution is -0.140. The van der Waals surface area contributed by atoms with Crippen molar-refractivity contribution in [1.82, 2.24) is 0 Å². The highest BCUT2D eigenvalue weighted by molar-refractivity contribution is 5.74. The van der Waals surface area contributed by atoms with Crippen LogP contribution in [-0.2, 0) is 9.53 Å². The maximum absolute atomic E-state index is 12.3. The van der Waals surface area contributed by atoms with Gasteiger partial charge in [0.1, 0.15) is 31.7 Å². The zero-order valence-corrected chi connectivity index (χ0v) is 15.2. The van der Waals surface area contributed by atoms with Crippen LogP contribution in [0.4, 0.5) is 0 Å². The van der Waals surface area contributed by atoms with Gasteiger partial charge in [-0.05, 0) is 23.3 Å². The van der Waals surface area contributed by atoms with E-state index in [-0.39, 0.29) is 12.7 Å². The molecule has 0 unspecified atom stereocenters. The average Bonchev–Trinajstić information content (AvgIpc) is 2.75. The number of hydrogen-bond acceptors (Lipinski definition) is 5. The Labute approximate surface area is 163 Å². The van der Waals surface area contributed by atoms with Crippen LogP contribution in [0, 0.1) is 0 Å². The second-order valence-electron chi connectivity index (χ2n) is 6.29. The Bertz CT molecular complexity index is 885. The van der Waals surface area contributed by atoms with E-state index in [1.165, 1.54) is 0 Å². The minimum absolute atomic E-state index is 0.178. The van der Waals surface area contributed by atoms with Gasteiger partial charge in [-0.25, -0.2) is 4.79 Å². The van der Waals surface area contributed by atoms with Gasteiger partial charge in [0.2, 0.25) is 0 Å². The summed E-state index contributed by atoms with van der Waals surface area (Å²) >= 11 is 0. The maximum Gasteiger partial charge on any atom is 0.337 e. The van der Waals surface area contributed by atoms with E-state index >= 15 is 0 Å². The van der Waals surface area contributed by atoms with Crippen LogP contribution in [0.5, 0.6) is 17.2 Å². The summed E-state index contributed by atoms with van der Waals surface area (Å²) in [5, 5.41) is 0. The van der Waals surface area contributed by atoms with Gasteiger partial charge in [-0.1, -0.05) is 60.7 Å². The molecule has 1 aliphatic heterocycles. The highest BCUT2D eigenvalue weighted by Gasteiger charge is 2.18. The maximum atomic E-state index is 12.3. The summed E-state index contributed by atoms with van der Waals surface area (Å²) in [6, 6.07) is 24.6. The number of rotatable bonds is 6. The summed E-state index contributed by atoms with van der Waals surface area (Å²) < 4.78 is 22.3. The lowest BCUT2D eigenvalue weighted by Gasteiger charge is -2.19. The van der Waals surface area contributed by atoms with Crippen molar-refractivity contribution in [2.24, 2.45) is 0 Å².